The van der Waals surface area contributed by atoms with E-state index in [9.17, 15) is 4.79 Å². The van der Waals surface area contributed by atoms with Gasteiger partial charge in [-0.2, -0.15) is 0 Å². The first kappa shape index (κ1) is 18.0. The SMILES string of the molecule is CC(C)CCc1nc2c(o1)CCN(C(=O)C1(N3CCCC3)CCCC1)C2. The summed E-state index contributed by atoms with van der Waals surface area (Å²) in [6.07, 6.45) is 9.72. The number of carbonyl (C=O) groups excluding carboxylic acids is 1. The fraction of sp³-hybridized carbons (Fsp3) is 0.810. The second-order valence-corrected chi connectivity index (χ2v) is 8.82. The lowest BCUT2D eigenvalue weighted by Crippen LogP contribution is -2.58. The number of nitrogens with zero attached hydrogens (tertiary/aromatic N) is 3. The third-order valence-electron chi connectivity index (χ3n) is 6.53. The maximum atomic E-state index is 13.6. The standard InChI is InChI=1S/C21H33N3O2/c1-16(2)7-8-19-22-17-15-23(14-9-18(17)26-19)20(25)21(10-3-4-11-21)24-12-5-6-13-24/h16H,3-15H2,1-2H3. The topological polar surface area (TPSA) is 49.6 Å². The first-order valence-corrected chi connectivity index (χ1v) is 10.6. The number of aromatic nitrogens is 1. The van der Waals surface area contributed by atoms with E-state index in [0.29, 0.717) is 18.4 Å². The van der Waals surface area contributed by atoms with Gasteiger partial charge in [-0.3, -0.25) is 9.69 Å². The monoisotopic (exact) mass is 359 g/mol. The fourth-order valence-corrected chi connectivity index (χ4v) is 5.01. The van der Waals surface area contributed by atoms with Gasteiger partial charge in [-0.25, -0.2) is 4.98 Å². The number of likely N-dealkylation sites (tertiary alicyclic amines) is 1. The number of oxazole rings is 1. The Labute approximate surface area is 157 Å². The van der Waals surface area contributed by atoms with Crippen molar-refractivity contribution in [3.63, 3.8) is 0 Å². The zero-order valence-corrected chi connectivity index (χ0v) is 16.4. The summed E-state index contributed by atoms with van der Waals surface area (Å²) in [6.45, 7) is 8.04. The molecule has 3 aliphatic rings. The third kappa shape index (κ3) is 3.30. The molecule has 1 amide bonds. The van der Waals surface area contributed by atoms with Crippen molar-refractivity contribution in [2.45, 2.75) is 83.7 Å². The highest BCUT2D eigenvalue weighted by Crippen LogP contribution is 2.39. The van der Waals surface area contributed by atoms with E-state index in [-0.39, 0.29) is 5.54 Å². The lowest BCUT2D eigenvalue weighted by molar-refractivity contribution is -0.145. The molecule has 5 nitrogen and oxygen atoms in total. The molecule has 2 aliphatic heterocycles. The Hall–Kier alpha value is -1.36. The van der Waals surface area contributed by atoms with Crippen LogP contribution in [0.25, 0.3) is 0 Å². The van der Waals surface area contributed by atoms with E-state index in [1.54, 1.807) is 0 Å². The van der Waals surface area contributed by atoms with Crippen LogP contribution >= 0.6 is 0 Å². The summed E-state index contributed by atoms with van der Waals surface area (Å²) in [5.74, 6) is 2.87. The summed E-state index contributed by atoms with van der Waals surface area (Å²) < 4.78 is 5.98. The molecule has 26 heavy (non-hydrogen) atoms. The maximum Gasteiger partial charge on any atom is 0.243 e. The molecule has 3 heterocycles. The van der Waals surface area contributed by atoms with Gasteiger partial charge in [0.2, 0.25) is 5.91 Å². The normalized spacial score (nSPS) is 23.0. The molecule has 0 bridgehead atoms. The smallest absolute Gasteiger partial charge is 0.243 e. The van der Waals surface area contributed by atoms with Crippen LogP contribution in [-0.2, 0) is 24.2 Å². The second-order valence-electron chi connectivity index (χ2n) is 8.82. The van der Waals surface area contributed by atoms with Gasteiger partial charge in [0.25, 0.3) is 0 Å². The third-order valence-corrected chi connectivity index (χ3v) is 6.53. The number of hydrogen-bond donors (Lipinski definition) is 0. The Bertz CT molecular complexity index is 640. The largest absolute Gasteiger partial charge is 0.445 e. The molecule has 1 aromatic heterocycles. The second kappa shape index (κ2) is 7.34. The van der Waals surface area contributed by atoms with E-state index >= 15 is 0 Å². The van der Waals surface area contributed by atoms with Crippen molar-refractivity contribution < 1.29 is 9.21 Å². The van der Waals surface area contributed by atoms with Crippen LogP contribution in [0, 0.1) is 5.92 Å². The first-order chi connectivity index (χ1) is 12.6. The summed E-state index contributed by atoms with van der Waals surface area (Å²) in [7, 11) is 0. The van der Waals surface area contributed by atoms with Crippen molar-refractivity contribution >= 4 is 5.91 Å². The van der Waals surface area contributed by atoms with E-state index in [0.717, 1.165) is 69.1 Å². The van der Waals surface area contributed by atoms with Gasteiger partial charge in [0.1, 0.15) is 17.0 Å². The van der Waals surface area contributed by atoms with Gasteiger partial charge < -0.3 is 9.32 Å². The van der Waals surface area contributed by atoms with Crippen molar-refractivity contribution in [2.24, 2.45) is 5.92 Å². The molecule has 1 saturated heterocycles. The van der Waals surface area contributed by atoms with Crippen LogP contribution in [0.1, 0.15) is 76.1 Å². The number of aryl methyl sites for hydroxylation is 1. The van der Waals surface area contributed by atoms with Crippen molar-refractivity contribution in [1.29, 1.82) is 0 Å². The zero-order chi connectivity index (χ0) is 18.1. The van der Waals surface area contributed by atoms with E-state index in [1.165, 1.54) is 25.7 Å². The van der Waals surface area contributed by atoms with Crippen molar-refractivity contribution in [1.82, 2.24) is 14.8 Å². The van der Waals surface area contributed by atoms with Crippen LogP contribution < -0.4 is 0 Å². The summed E-state index contributed by atoms with van der Waals surface area (Å²) in [5, 5.41) is 0. The predicted octanol–water partition coefficient (Wildman–Crippen LogP) is 3.56. The summed E-state index contributed by atoms with van der Waals surface area (Å²) in [4.78, 5) is 22.9. The van der Waals surface area contributed by atoms with Gasteiger partial charge >= 0.3 is 0 Å². The highest BCUT2D eigenvalue weighted by atomic mass is 16.4. The first-order valence-electron chi connectivity index (χ1n) is 10.6. The molecule has 1 aliphatic carbocycles. The van der Waals surface area contributed by atoms with Gasteiger partial charge in [-0.05, 0) is 51.1 Å². The Balaban J connectivity index is 1.48. The molecule has 0 spiro atoms. The molecule has 1 aromatic rings. The highest BCUT2D eigenvalue weighted by molar-refractivity contribution is 5.87. The van der Waals surface area contributed by atoms with Gasteiger partial charge in [0, 0.05) is 19.4 Å². The number of fused-ring (bicyclic) bond motifs is 1. The van der Waals surface area contributed by atoms with Crippen LogP contribution in [0.4, 0.5) is 0 Å². The molecule has 0 radical (unpaired) electrons. The molecule has 1 saturated carbocycles. The fourth-order valence-electron chi connectivity index (χ4n) is 5.01. The van der Waals surface area contributed by atoms with E-state index < -0.39 is 0 Å². The minimum Gasteiger partial charge on any atom is -0.445 e. The lowest BCUT2D eigenvalue weighted by Gasteiger charge is -2.41. The van der Waals surface area contributed by atoms with Crippen LogP contribution in [0.3, 0.4) is 0 Å². The molecule has 0 atom stereocenters. The van der Waals surface area contributed by atoms with E-state index in [1.807, 2.05) is 0 Å². The van der Waals surface area contributed by atoms with Crippen LogP contribution in [0.5, 0.6) is 0 Å². The Morgan fingerprint density at radius 3 is 2.58 bits per heavy atom. The molecule has 0 aromatic carbocycles. The van der Waals surface area contributed by atoms with Crippen LogP contribution in [-0.4, -0.2) is 45.9 Å². The van der Waals surface area contributed by atoms with E-state index in [2.05, 4.69) is 23.6 Å². The predicted molar refractivity (Wildman–Crippen MR) is 101 cm³/mol. The van der Waals surface area contributed by atoms with Crippen LogP contribution in [0.15, 0.2) is 4.42 Å². The highest BCUT2D eigenvalue weighted by Gasteiger charge is 2.49. The quantitative estimate of drug-likeness (QED) is 0.807. The molecule has 144 valence electrons. The summed E-state index contributed by atoms with van der Waals surface area (Å²) >= 11 is 0. The number of amides is 1. The van der Waals surface area contributed by atoms with E-state index in [4.69, 9.17) is 9.40 Å². The molecular formula is C21H33N3O2. The van der Waals surface area contributed by atoms with Crippen molar-refractivity contribution in [2.75, 3.05) is 19.6 Å². The van der Waals surface area contributed by atoms with Gasteiger partial charge in [0.15, 0.2) is 5.89 Å². The van der Waals surface area contributed by atoms with Gasteiger partial charge in [-0.1, -0.05) is 26.7 Å². The Morgan fingerprint density at radius 1 is 1.15 bits per heavy atom. The number of carbonyl (C=O) groups is 1. The molecule has 2 fully saturated rings. The molecule has 4 rings (SSSR count). The average Bonchev–Trinajstić information content (AvgIpc) is 3.38. The van der Waals surface area contributed by atoms with Gasteiger partial charge in [0.05, 0.1) is 6.54 Å². The van der Waals surface area contributed by atoms with Crippen molar-refractivity contribution in [3.05, 3.63) is 17.3 Å². The zero-order valence-electron chi connectivity index (χ0n) is 16.4. The Kier molecular flexibility index (Phi) is 5.09. The minimum atomic E-state index is -0.224. The van der Waals surface area contributed by atoms with Gasteiger partial charge in [-0.15, -0.1) is 0 Å². The average molecular weight is 360 g/mol. The summed E-state index contributed by atoms with van der Waals surface area (Å²) in [6, 6.07) is 0. The maximum absolute atomic E-state index is 13.6. The number of rotatable bonds is 5. The Morgan fingerprint density at radius 2 is 1.88 bits per heavy atom. The number of hydrogen-bond acceptors (Lipinski definition) is 4. The lowest BCUT2D eigenvalue weighted by atomic mass is 9.92. The molecular weight excluding hydrogens is 326 g/mol. The molecule has 5 heteroatoms. The van der Waals surface area contributed by atoms with Crippen molar-refractivity contribution in [3.8, 4) is 0 Å². The summed E-state index contributed by atoms with van der Waals surface area (Å²) in [5.41, 5.74) is 0.774. The van der Waals surface area contributed by atoms with Crippen LogP contribution in [0.2, 0.25) is 0 Å². The minimum absolute atomic E-state index is 0.224. The molecule has 0 unspecified atom stereocenters. The molecule has 0 N–H and O–H groups in total.